The van der Waals surface area contributed by atoms with Gasteiger partial charge in [-0.15, -0.1) is 11.3 Å². The van der Waals surface area contributed by atoms with Crippen LogP contribution in [0, 0.1) is 5.82 Å². The van der Waals surface area contributed by atoms with E-state index in [1.54, 1.807) is 42.5 Å². The topological polar surface area (TPSA) is 67.9 Å². The van der Waals surface area contributed by atoms with Crippen LogP contribution in [0.15, 0.2) is 60.0 Å². The molecule has 1 fully saturated rings. The summed E-state index contributed by atoms with van der Waals surface area (Å²) in [5, 5.41) is 4.92. The molecule has 0 radical (unpaired) electrons. The van der Waals surface area contributed by atoms with Crippen molar-refractivity contribution in [3.8, 4) is 11.5 Å². The van der Waals surface area contributed by atoms with Gasteiger partial charge in [-0.2, -0.15) is 0 Å². The van der Waals surface area contributed by atoms with E-state index in [4.69, 9.17) is 9.47 Å². The fourth-order valence-electron chi connectivity index (χ4n) is 4.73. The number of rotatable bonds is 7. The van der Waals surface area contributed by atoms with Crippen LogP contribution in [0.1, 0.15) is 58.9 Å². The van der Waals surface area contributed by atoms with E-state index in [0.717, 1.165) is 37.7 Å². The van der Waals surface area contributed by atoms with Crippen molar-refractivity contribution in [2.45, 2.75) is 50.7 Å². The average molecular weight is 495 g/mol. The van der Waals surface area contributed by atoms with Crippen molar-refractivity contribution >= 4 is 23.2 Å². The number of thiophene rings is 1. The number of hydrogen-bond acceptors (Lipinski definition) is 5. The van der Waals surface area contributed by atoms with Crippen LogP contribution in [0.3, 0.4) is 0 Å². The maximum atomic E-state index is 15.1. The van der Waals surface area contributed by atoms with Gasteiger partial charge in [0.05, 0.1) is 4.88 Å². The molecule has 2 aromatic carbocycles. The molecule has 0 saturated heterocycles. The molecule has 1 atom stereocenters. The standard InChI is InChI=1S/C27H27FN2O4S/c28-21-10-5-4-9-20(21)25(26(31)29-19-7-2-1-3-8-19)30(27(32)24-11-6-14-35-24)16-18-12-13-22-23(15-18)34-17-33-22/h4-6,9-15,19,25H,1-3,7-8,16-17H2,(H,29,31). The predicted molar refractivity (Wildman–Crippen MR) is 131 cm³/mol. The van der Waals surface area contributed by atoms with Gasteiger partial charge in [0.1, 0.15) is 11.9 Å². The maximum absolute atomic E-state index is 15.1. The van der Waals surface area contributed by atoms with Crippen molar-refractivity contribution in [3.63, 3.8) is 0 Å². The van der Waals surface area contributed by atoms with Gasteiger partial charge >= 0.3 is 0 Å². The van der Waals surface area contributed by atoms with Gasteiger partial charge in [-0.3, -0.25) is 9.59 Å². The van der Waals surface area contributed by atoms with Crippen LogP contribution in [0.2, 0.25) is 0 Å². The van der Waals surface area contributed by atoms with Gasteiger partial charge in [0, 0.05) is 18.2 Å². The van der Waals surface area contributed by atoms with E-state index in [0.29, 0.717) is 16.4 Å². The maximum Gasteiger partial charge on any atom is 0.265 e. The summed E-state index contributed by atoms with van der Waals surface area (Å²) in [6.07, 6.45) is 5.01. The zero-order valence-corrected chi connectivity index (χ0v) is 20.1. The van der Waals surface area contributed by atoms with Crippen molar-refractivity contribution in [2.75, 3.05) is 6.79 Å². The highest BCUT2D eigenvalue weighted by Crippen LogP contribution is 2.35. The molecule has 1 N–H and O–H groups in total. The van der Waals surface area contributed by atoms with Crippen LogP contribution >= 0.6 is 11.3 Å². The first-order valence-electron chi connectivity index (χ1n) is 11.9. The van der Waals surface area contributed by atoms with Crippen LogP contribution in [0.4, 0.5) is 4.39 Å². The average Bonchev–Trinajstić information content (AvgIpc) is 3.57. The van der Waals surface area contributed by atoms with Crippen LogP contribution in [-0.2, 0) is 11.3 Å². The molecule has 0 bridgehead atoms. The number of hydrogen-bond donors (Lipinski definition) is 1. The lowest BCUT2D eigenvalue weighted by Gasteiger charge is -2.33. The Morgan fingerprint density at radius 3 is 2.60 bits per heavy atom. The normalized spacial score (nSPS) is 16.0. The minimum Gasteiger partial charge on any atom is -0.454 e. The minimum atomic E-state index is -1.13. The molecule has 1 aliphatic heterocycles. The quantitative estimate of drug-likeness (QED) is 0.474. The highest BCUT2D eigenvalue weighted by molar-refractivity contribution is 7.12. The van der Waals surface area contributed by atoms with Gasteiger partial charge in [0.25, 0.3) is 5.91 Å². The molecule has 35 heavy (non-hydrogen) atoms. The molecule has 1 saturated carbocycles. The summed E-state index contributed by atoms with van der Waals surface area (Å²) in [6.45, 7) is 0.239. The molecule has 2 amide bonds. The fraction of sp³-hybridized carbons (Fsp3) is 0.333. The van der Waals surface area contributed by atoms with Crippen molar-refractivity contribution in [1.82, 2.24) is 10.2 Å². The molecule has 182 valence electrons. The Balaban J connectivity index is 1.53. The zero-order valence-electron chi connectivity index (χ0n) is 19.2. The molecule has 1 aromatic heterocycles. The van der Waals surface area contributed by atoms with Gasteiger partial charge in [-0.1, -0.05) is 49.6 Å². The lowest BCUT2D eigenvalue weighted by atomic mass is 9.94. The van der Waals surface area contributed by atoms with Crippen molar-refractivity contribution in [1.29, 1.82) is 0 Å². The van der Waals surface area contributed by atoms with E-state index in [9.17, 15) is 9.59 Å². The van der Waals surface area contributed by atoms with Gasteiger partial charge < -0.3 is 19.7 Å². The number of nitrogens with one attached hydrogen (secondary N) is 1. The van der Waals surface area contributed by atoms with Crippen LogP contribution in [-0.4, -0.2) is 29.5 Å². The molecule has 8 heteroatoms. The third-order valence-corrected chi connectivity index (χ3v) is 7.35. The molecule has 0 spiro atoms. The van der Waals surface area contributed by atoms with E-state index in [-0.39, 0.29) is 36.8 Å². The van der Waals surface area contributed by atoms with Gasteiger partial charge in [-0.25, -0.2) is 4.39 Å². The largest absolute Gasteiger partial charge is 0.454 e. The van der Waals surface area contributed by atoms with Gasteiger partial charge in [-0.05, 0) is 48.1 Å². The first kappa shape index (κ1) is 23.4. The molecular formula is C27H27FN2O4S. The molecule has 3 aromatic rings. The summed E-state index contributed by atoms with van der Waals surface area (Å²) in [5.41, 5.74) is 0.928. The Bertz CT molecular complexity index is 1190. The Hall–Kier alpha value is -3.39. The molecule has 5 rings (SSSR count). The number of amides is 2. The third kappa shape index (κ3) is 5.17. The molecule has 2 heterocycles. The first-order chi connectivity index (χ1) is 17.1. The second-order valence-corrected chi connectivity index (χ2v) is 9.81. The van der Waals surface area contributed by atoms with E-state index < -0.39 is 11.9 Å². The minimum absolute atomic E-state index is 0.0229. The SMILES string of the molecule is O=C(NC1CCCCC1)C(c1ccccc1F)N(Cc1ccc2c(c1)OCO2)C(=O)c1cccs1. The number of ether oxygens (including phenoxy) is 2. The number of carbonyl (C=O) groups is 2. The summed E-state index contributed by atoms with van der Waals surface area (Å²) >= 11 is 1.29. The number of carbonyl (C=O) groups excluding carboxylic acids is 2. The highest BCUT2D eigenvalue weighted by atomic mass is 32.1. The number of fused-ring (bicyclic) bond motifs is 1. The van der Waals surface area contributed by atoms with E-state index >= 15 is 4.39 Å². The molecule has 1 aliphatic carbocycles. The highest BCUT2D eigenvalue weighted by Gasteiger charge is 2.35. The fourth-order valence-corrected chi connectivity index (χ4v) is 5.41. The van der Waals surface area contributed by atoms with Crippen molar-refractivity contribution in [2.24, 2.45) is 0 Å². The lowest BCUT2D eigenvalue weighted by molar-refractivity contribution is -0.127. The van der Waals surface area contributed by atoms with Gasteiger partial charge in [0.2, 0.25) is 12.7 Å². The van der Waals surface area contributed by atoms with Gasteiger partial charge in [0.15, 0.2) is 11.5 Å². The third-order valence-electron chi connectivity index (χ3n) is 6.49. The molecule has 2 aliphatic rings. The van der Waals surface area contributed by atoms with Crippen molar-refractivity contribution < 1.29 is 23.5 Å². The zero-order chi connectivity index (χ0) is 24.2. The Morgan fingerprint density at radius 2 is 1.83 bits per heavy atom. The van der Waals surface area contributed by atoms with Crippen LogP contribution in [0.25, 0.3) is 0 Å². The molecule has 6 nitrogen and oxygen atoms in total. The Morgan fingerprint density at radius 1 is 1.03 bits per heavy atom. The second-order valence-electron chi connectivity index (χ2n) is 8.87. The molecule has 1 unspecified atom stereocenters. The monoisotopic (exact) mass is 494 g/mol. The summed E-state index contributed by atoms with van der Waals surface area (Å²) in [5.74, 6) is -0.00553. The van der Waals surface area contributed by atoms with E-state index in [2.05, 4.69) is 5.32 Å². The summed E-state index contributed by atoms with van der Waals surface area (Å²) in [4.78, 5) is 29.4. The van der Waals surface area contributed by atoms with E-state index in [1.165, 1.54) is 22.3 Å². The van der Waals surface area contributed by atoms with Crippen LogP contribution in [0.5, 0.6) is 11.5 Å². The predicted octanol–water partition coefficient (Wildman–Crippen LogP) is 5.45. The Kier molecular flexibility index (Phi) is 6.99. The number of nitrogens with zero attached hydrogens (tertiary/aromatic N) is 1. The summed E-state index contributed by atoms with van der Waals surface area (Å²) in [6, 6.07) is 14.0. The number of halogens is 1. The summed E-state index contributed by atoms with van der Waals surface area (Å²) in [7, 11) is 0. The Labute approximate surface area is 207 Å². The smallest absolute Gasteiger partial charge is 0.265 e. The first-order valence-corrected chi connectivity index (χ1v) is 12.8. The number of benzene rings is 2. The van der Waals surface area contributed by atoms with Crippen LogP contribution < -0.4 is 14.8 Å². The molecular weight excluding hydrogens is 467 g/mol. The lowest BCUT2D eigenvalue weighted by Crippen LogP contribution is -2.47. The second kappa shape index (κ2) is 10.5. The van der Waals surface area contributed by atoms with E-state index in [1.807, 2.05) is 11.4 Å². The summed E-state index contributed by atoms with van der Waals surface area (Å²) < 4.78 is 26.0. The van der Waals surface area contributed by atoms with Crippen molar-refractivity contribution in [3.05, 3.63) is 81.8 Å².